The van der Waals surface area contributed by atoms with Crippen molar-refractivity contribution >= 4 is 39.5 Å². The van der Waals surface area contributed by atoms with Gasteiger partial charge in [0.25, 0.3) is 0 Å². The average Bonchev–Trinajstić information content (AvgIpc) is 1.04. The molecule has 0 saturated carbocycles. The molecule has 17 nitrogen and oxygen atoms in total. The molecule has 0 fully saturated rings. The summed E-state index contributed by atoms with van der Waals surface area (Å²) in [7, 11) is -9.97. The molecule has 0 aromatic carbocycles. The van der Waals surface area contributed by atoms with E-state index in [2.05, 4.69) is 137 Å². The Hall–Kier alpha value is -4.28. The molecule has 5 unspecified atom stereocenters. The maximum absolute atomic E-state index is 13.1. The average molecular weight is 1420 g/mol. The van der Waals surface area contributed by atoms with E-state index < -0.39 is 97.5 Å². The Kier molecular flexibility index (Phi) is 68.0. The third-order valence-corrected chi connectivity index (χ3v) is 17.6. The first-order chi connectivity index (χ1) is 47.7. The predicted molar refractivity (Wildman–Crippen MR) is 399 cm³/mol. The Bertz CT molecular complexity index is 2290. The van der Waals surface area contributed by atoms with E-state index in [1.165, 1.54) is 64.2 Å². The number of carbonyl (C=O) groups is 4. The van der Waals surface area contributed by atoms with Crippen molar-refractivity contribution in [1.82, 2.24) is 0 Å². The van der Waals surface area contributed by atoms with E-state index in [1.807, 2.05) is 0 Å². The van der Waals surface area contributed by atoms with Gasteiger partial charge < -0.3 is 33.8 Å². The lowest BCUT2D eigenvalue weighted by Crippen LogP contribution is -2.30. The summed E-state index contributed by atoms with van der Waals surface area (Å²) in [5, 5.41) is 10.6. The van der Waals surface area contributed by atoms with Gasteiger partial charge in [0.1, 0.15) is 19.3 Å². The van der Waals surface area contributed by atoms with Crippen LogP contribution in [0.25, 0.3) is 0 Å². The first-order valence-corrected chi connectivity index (χ1v) is 41.1. The van der Waals surface area contributed by atoms with Crippen molar-refractivity contribution < 1.29 is 80.2 Å². The number of hydrogen-bond donors (Lipinski definition) is 3. The molecular formula is C79H136O17P2. The van der Waals surface area contributed by atoms with Crippen LogP contribution in [0.3, 0.4) is 0 Å². The maximum atomic E-state index is 13.1. The smallest absolute Gasteiger partial charge is 0.462 e. The molecule has 564 valence electrons. The Labute approximate surface area is 594 Å². The van der Waals surface area contributed by atoms with Crippen LogP contribution < -0.4 is 0 Å². The van der Waals surface area contributed by atoms with Gasteiger partial charge in [-0.25, -0.2) is 9.13 Å². The molecule has 19 heteroatoms. The summed E-state index contributed by atoms with van der Waals surface area (Å²) in [4.78, 5) is 72.8. The van der Waals surface area contributed by atoms with E-state index in [1.54, 1.807) is 0 Å². The van der Waals surface area contributed by atoms with Crippen LogP contribution in [0.15, 0.2) is 109 Å². The van der Waals surface area contributed by atoms with Gasteiger partial charge in [0.15, 0.2) is 12.2 Å². The molecule has 0 saturated heterocycles. The van der Waals surface area contributed by atoms with Crippen molar-refractivity contribution in [2.75, 3.05) is 39.6 Å². The van der Waals surface area contributed by atoms with Gasteiger partial charge >= 0.3 is 39.5 Å². The summed E-state index contributed by atoms with van der Waals surface area (Å²) in [6.07, 6.45) is 75.1. The van der Waals surface area contributed by atoms with E-state index >= 15 is 0 Å². The van der Waals surface area contributed by atoms with Gasteiger partial charge in [-0.1, -0.05) is 240 Å². The summed E-state index contributed by atoms with van der Waals surface area (Å²) < 4.78 is 68.4. The van der Waals surface area contributed by atoms with Crippen molar-refractivity contribution in [3.8, 4) is 0 Å². The number of phosphoric ester groups is 2. The quantitative estimate of drug-likeness (QED) is 0.0169. The predicted octanol–water partition coefficient (Wildman–Crippen LogP) is 21.8. The van der Waals surface area contributed by atoms with Gasteiger partial charge in [0.05, 0.1) is 26.4 Å². The second kappa shape index (κ2) is 71.1. The molecule has 3 N–H and O–H groups in total. The highest BCUT2D eigenvalue weighted by Gasteiger charge is 2.30. The van der Waals surface area contributed by atoms with E-state index in [0.29, 0.717) is 25.7 Å². The summed E-state index contributed by atoms with van der Waals surface area (Å²) in [6.45, 7) is 4.61. The number of carbonyl (C=O) groups excluding carboxylic acids is 4. The normalized spacial score (nSPS) is 14.6. The van der Waals surface area contributed by atoms with Gasteiger partial charge in [-0.2, -0.15) is 0 Å². The number of unbranched alkanes of at least 4 members (excludes halogenated alkanes) is 27. The molecule has 0 aliphatic rings. The molecular weight excluding hydrogens is 1280 g/mol. The number of aliphatic hydroxyl groups is 1. The minimum Gasteiger partial charge on any atom is -0.462 e. The topological polar surface area (TPSA) is 237 Å². The summed E-state index contributed by atoms with van der Waals surface area (Å²) >= 11 is 0. The minimum atomic E-state index is -4.99. The lowest BCUT2D eigenvalue weighted by atomic mass is 10.1. The van der Waals surface area contributed by atoms with E-state index in [-0.39, 0.29) is 25.7 Å². The summed E-state index contributed by atoms with van der Waals surface area (Å²) in [5.41, 5.74) is 0. The van der Waals surface area contributed by atoms with E-state index in [0.717, 1.165) is 167 Å². The van der Waals surface area contributed by atoms with Crippen LogP contribution in [0.1, 0.15) is 310 Å². The first kappa shape index (κ1) is 93.7. The molecule has 0 aromatic rings. The third-order valence-electron chi connectivity index (χ3n) is 15.7. The van der Waals surface area contributed by atoms with E-state index in [9.17, 15) is 43.2 Å². The Morgan fingerprint density at radius 2 is 0.531 bits per heavy atom. The lowest BCUT2D eigenvalue weighted by molar-refractivity contribution is -0.161. The van der Waals surface area contributed by atoms with Crippen LogP contribution in [-0.4, -0.2) is 96.7 Å². The summed E-state index contributed by atoms with van der Waals surface area (Å²) in [5.74, 6) is -2.26. The van der Waals surface area contributed by atoms with Crippen LogP contribution in [0, 0.1) is 0 Å². The fourth-order valence-corrected chi connectivity index (χ4v) is 11.4. The van der Waals surface area contributed by atoms with Crippen LogP contribution in [-0.2, 0) is 65.4 Å². The molecule has 0 bridgehead atoms. The highest BCUT2D eigenvalue weighted by molar-refractivity contribution is 7.47. The molecule has 0 spiro atoms. The molecule has 0 aliphatic heterocycles. The second-order valence-corrected chi connectivity index (χ2v) is 28.1. The summed E-state index contributed by atoms with van der Waals surface area (Å²) in [6, 6.07) is 0. The highest BCUT2D eigenvalue weighted by Crippen LogP contribution is 2.45. The van der Waals surface area contributed by atoms with Crippen molar-refractivity contribution in [1.29, 1.82) is 0 Å². The van der Waals surface area contributed by atoms with Crippen molar-refractivity contribution in [2.45, 2.75) is 329 Å². The molecule has 0 amide bonds. The van der Waals surface area contributed by atoms with Crippen LogP contribution in [0.4, 0.5) is 0 Å². The Morgan fingerprint density at radius 1 is 0.296 bits per heavy atom. The van der Waals surface area contributed by atoms with Crippen LogP contribution >= 0.6 is 15.6 Å². The monoisotopic (exact) mass is 1420 g/mol. The van der Waals surface area contributed by atoms with Gasteiger partial charge in [-0.3, -0.25) is 37.3 Å². The molecule has 0 aromatic heterocycles. The number of allylic oxidation sites excluding steroid dienone is 18. The number of ether oxygens (including phenoxy) is 4. The van der Waals surface area contributed by atoms with Gasteiger partial charge in [0.2, 0.25) is 0 Å². The third kappa shape index (κ3) is 70.2. The zero-order chi connectivity index (χ0) is 71.8. The lowest BCUT2D eigenvalue weighted by Gasteiger charge is -2.21. The number of phosphoric acid groups is 2. The highest BCUT2D eigenvalue weighted by atomic mass is 31.2. The fraction of sp³-hybridized carbons (Fsp3) is 0.722. The second-order valence-electron chi connectivity index (χ2n) is 25.2. The molecule has 0 radical (unpaired) electrons. The van der Waals surface area contributed by atoms with Crippen molar-refractivity contribution in [3.63, 3.8) is 0 Å². The zero-order valence-corrected chi connectivity index (χ0v) is 63.2. The standard InChI is InChI=1S/C79H136O17P2/c1-5-9-13-17-21-25-29-33-36-40-43-47-51-55-59-63-76(81)89-69-74(95-78(83)65-61-57-53-49-45-39-32-28-24-20-16-12-8-4)71-93-97(85,86)91-67-73(80)68-92-98(87,88)94-72-75(96-79(84)66-62-58-54-50-46-42-38-35-31-27-23-19-15-11-7-3)70-90-77(82)64-60-56-52-48-44-41-37-34-30-26-22-18-14-10-6-2/h10,14,21-23,25-28,32-38,44,48,73-75,80H,5-9,11-13,15-20,24,29-31,39-43,45-47,49-72H2,1-4H3,(H,85,86)(H,87,88)/b14-10-,25-21-,26-22-,27-23-,32-28-,36-33-,37-34-,38-35-,48-44-. The fourth-order valence-electron chi connectivity index (χ4n) is 9.85. The molecule has 0 aliphatic carbocycles. The first-order valence-electron chi connectivity index (χ1n) is 38.1. The van der Waals surface area contributed by atoms with Crippen LogP contribution in [0.5, 0.6) is 0 Å². The molecule has 5 atom stereocenters. The molecule has 0 heterocycles. The molecule has 98 heavy (non-hydrogen) atoms. The minimum absolute atomic E-state index is 0.0681. The largest absolute Gasteiger partial charge is 0.472 e. The van der Waals surface area contributed by atoms with E-state index in [4.69, 9.17) is 37.0 Å². The van der Waals surface area contributed by atoms with Crippen LogP contribution in [0.2, 0.25) is 0 Å². The maximum Gasteiger partial charge on any atom is 0.472 e. The van der Waals surface area contributed by atoms with Crippen molar-refractivity contribution in [3.05, 3.63) is 109 Å². The van der Waals surface area contributed by atoms with Gasteiger partial charge in [0, 0.05) is 25.7 Å². The molecule has 0 rings (SSSR count). The van der Waals surface area contributed by atoms with Gasteiger partial charge in [-0.05, 0) is 154 Å². The number of hydrogen-bond acceptors (Lipinski definition) is 15. The SMILES string of the molecule is CC/C=C\C/C=C\C/C=C\C/C=C\CCCCC(=O)OCC(COP(=O)(O)OCC(O)COP(=O)(O)OCC(COC(=O)CCCCCCC/C=C\C/C=C\CCCCC)OC(=O)CCCCCCC/C=C\CCCCCC)OC(=O)CCCCCCC/C=C\C/C=C\CCCCC. The van der Waals surface area contributed by atoms with Crippen molar-refractivity contribution in [2.24, 2.45) is 0 Å². The van der Waals surface area contributed by atoms with Gasteiger partial charge in [-0.15, -0.1) is 0 Å². The number of aliphatic hydroxyl groups excluding tert-OH is 1. The number of rotatable bonds is 71. The zero-order valence-electron chi connectivity index (χ0n) is 61.4. The Balaban J connectivity index is 5.41. The Morgan fingerprint density at radius 3 is 0.867 bits per heavy atom. The number of esters is 4.